The zero-order valence-electron chi connectivity index (χ0n) is 13.3. The molecule has 0 atom stereocenters. The molecule has 1 aliphatic carbocycles. The summed E-state index contributed by atoms with van der Waals surface area (Å²) in [5.74, 6) is 1.18. The molecule has 3 N–H and O–H groups in total. The lowest BCUT2D eigenvalue weighted by Crippen LogP contribution is -2.42. The van der Waals surface area contributed by atoms with E-state index in [1.54, 1.807) is 19.2 Å². The average Bonchev–Trinajstić information content (AvgIpc) is 3.33. The maximum absolute atomic E-state index is 12.8. The van der Waals surface area contributed by atoms with Crippen LogP contribution in [0, 0.1) is 11.7 Å². The summed E-state index contributed by atoms with van der Waals surface area (Å²) in [4.78, 5) is 15.9. The molecule has 1 fully saturated rings. The fourth-order valence-electron chi connectivity index (χ4n) is 2.02. The zero-order valence-corrected chi connectivity index (χ0v) is 15.6. The number of amides is 1. The van der Waals surface area contributed by atoms with Gasteiger partial charge in [0.05, 0.1) is 6.42 Å². The number of rotatable bonds is 7. The highest BCUT2D eigenvalue weighted by Crippen LogP contribution is 2.27. The van der Waals surface area contributed by atoms with Crippen molar-refractivity contribution in [3.63, 3.8) is 0 Å². The second-order valence-electron chi connectivity index (χ2n) is 5.48. The summed E-state index contributed by atoms with van der Waals surface area (Å²) < 4.78 is 12.8. The van der Waals surface area contributed by atoms with Crippen LogP contribution in [0.4, 0.5) is 4.39 Å². The number of hydrogen-bond donors (Lipinski definition) is 3. The van der Waals surface area contributed by atoms with Crippen molar-refractivity contribution in [2.75, 3.05) is 26.7 Å². The second kappa shape index (κ2) is 10.4. The van der Waals surface area contributed by atoms with Gasteiger partial charge >= 0.3 is 0 Å². The van der Waals surface area contributed by atoms with Gasteiger partial charge in [-0.15, -0.1) is 24.0 Å². The van der Waals surface area contributed by atoms with Crippen molar-refractivity contribution in [2.24, 2.45) is 10.9 Å². The third-order valence-electron chi connectivity index (χ3n) is 3.50. The topological polar surface area (TPSA) is 65.5 Å². The molecule has 0 bridgehead atoms. The van der Waals surface area contributed by atoms with E-state index in [4.69, 9.17) is 0 Å². The fraction of sp³-hybridized carbons (Fsp3) is 0.500. The third-order valence-corrected chi connectivity index (χ3v) is 3.50. The van der Waals surface area contributed by atoms with Gasteiger partial charge in [0, 0.05) is 26.7 Å². The second-order valence-corrected chi connectivity index (χ2v) is 5.48. The number of hydrogen-bond acceptors (Lipinski definition) is 2. The number of nitrogens with one attached hydrogen (secondary N) is 3. The van der Waals surface area contributed by atoms with E-state index in [-0.39, 0.29) is 42.1 Å². The molecule has 5 nitrogen and oxygen atoms in total. The van der Waals surface area contributed by atoms with Crippen molar-refractivity contribution in [1.29, 1.82) is 0 Å². The van der Waals surface area contributed by atoms with Crippen LogP contribution in [0.5, 0.6) is 0 Å². The predicted molar refractivity (Wildman–Crippen MR) is 101 cm³/mol. The summed E-state index contributed by atoms with van der Waals surface area (Å²) in [6.07, 6.45) is 2.85. The molecule has 1 saturated carbocycles. The lowest BCUT2D eigenvalue weighted by Gasteiger charge is -2.12. The number of carbonyl (C=O) groups is 1. The number of benzene rings is 1. The maximum atomic E-state index is 12.8. The first-order chi connectivity index (χ1) is 10.7. The van der Waals surface area contributed by atoms with E-state index in [1.807, 2.05) is 0 Å². The zero-order chi connectivity index (χ0) is 15.8. The number of nitrogens with zero attached hydrogens (tertiary/aromatic N) is 1. The fourth-order valence-corrected chi connectivity index (χ4v) is 2.02. The van der Waals surface area contributed by atoms with Crippen LogP contribution in [0.3, 0.4) is 0 Å². The van der Waals surface area contributed by atoms with Crippen LogP contribution in [-0.2, 0) is 11.2 Å². The molecule has 0 spiro atoms. The lowest BCUT2D eigenvalue weighted by molar-refractivity contribution is -0.120. The maximum Gasteiger partial charge on any atom is 0.224 e. The van der Waals surface area contributed by atoms with Crippen LogP contribution < -0.4 is 16.0 Å². The minimum Gasteiger partial charge on any atom is -0.356 e. The van der Waals surface area contributed by atoms with Gasteiger partial charge in [0.25, 0.3) is 0 Å². The van der Waals surface area contributed by atoms with Gasteiger partial charge in [-0.1, -0.05) is 12.1 Å². The molecule has 1 aromatic carbocycles. The Balaban J connectivity index is 0.00000264. The summed E-state index contributed by atoms with van der Waals surface area (Å²) in [7, 11) is 1.73. The summed E-state index contributed by atoms with van der Waals surface area (Å²) in [5, 5.41) is 9.23. The quantitative estimate of drug-likeness (QED) is 0.265. The van der Waals surface area contributed by atoms with Crippen molar-refractivity contribution in [2.45, 2.75) is 19.3 Å². The van der Waals surface area contributed by atoms with Gasteiger partial charge < -0.3 is 16.0 Å². The number of halogens is 2. The first-order valence-electron chi connectivity index (χ1n) is 7.63. The van der Waals surface area contributed by atoms with Crippen molar-refractivity contribution in [3.8, 4) is 0 Å². The van der Waals surface area contributed by atoms with E-state index in [9.17, 15) is 9.18 Å². The molecule has 7 heteroatoms. The first kappa shape index (κ1) is 19.7. The largest absolute Gasteiger partial charge is 0.356 e. The lowest BCUT2D eigenvalue weighted by atomic mass is 10.1. The molecule has 1 aliphatic rings. The van der Waals surface area contributed by atoms with Crippen LogP contribution in [0.15, 0.2) is 29.3 Å². The Morgan fingerprint density at radius 3 is 2.43 bits per heavy atom. The standard InChI is InChI=1S/C16H23FN4O.HI/c1-18-16(21-11-13-2-3-13)20-9-8-19-15(22)10-12-4-6-14(17)7-5-12;/h4-7,13H,2-3,8-11H2,1H3,(H,19,22)(H2,18,20,21);1H. The van der Waals surface area contributed by atoms with Gasteiger partial charge in [0.15, 0.2) is 5.96 Å². The summed E-state index contributed by atoms with van der Waals surface area (Å²) in [6, 6.07) is 5.97. The minimum atomic E-state index is -0.293. The van der Waals surface area contributed by atoms with Crippen molar-refractivity contribution < 1.29 is 9.18 Å². The highest BCUT2D eigenvalue weighted by Gasteiger charge is 2.20. The van der Waals surface area contributed by atoms with Gasteiger partial charge in [0.1, 0.15) is 5.82 Å². The van der Waals surface area contributed by atoms with Gasteiger partial charge in [0.2, 0.25) is 5.91 Å². The molecule has 0 heterocycles. The monoisotopic (exact) mass is 434 g/mol. The van der Waals surface area contributed by atoms with E-state index in [1.165, 1.54) is 25.0 Å². The highest BCUT2D eigenvalue weighted by molar-refractivity contribution is 14.0. The molecule has 128 valence electrons. The molecule has 0 unspecified atom stereocenters. The first-order valence-corrected chi connectivity index (χ1v) is 7.63. The molecular weight excluding hydrogens is 410 g/mol. The van der Waals surface area contributed by atoms with Crippen LogP contribution in [0.1, 0.15) is 18.4 Å². The summed E-state index contributed by atoms with van der Waals surface area (Å²) >= 11 is 0. The number of aliphatic imine (C=N–C) groups is 1. The highest BCUT2D eigenvalue weighted by atomic mass is 127. The van der Waals surface area contributed by atoms with Gasteiger partial charge in [-0.3, -0.25) is 9.79 Å². The van der Waals surface area contributed by atoms with E-state index >= 15 is 0 Å². The van der Waals surface area contributed by atoms with E-state index in [0.29, 0.717) is 13.1 Å². The molecule has 2 rings (SSSR count). The van der Waals surface area contributed by atoms with Crippen molar-refractivity contribution in [3.05, 3.63) is 35.6 Å². The molecular formula is C16H24FIN4O. The number of guanidine groups is 1. The van der Waals surface area contributed by atoms with Gasteiger partial charge in [-0.25, -0.2) is 4.39 Å². The Labute approximate surface area is 153 Å². The summed E-state index contributed by atoms with van der Waals surface area (Å²) in [6.45, 7) is 2.08. The minimum absolute atomic E-state index is 0. The Kier molecular flexibility index (Phi) is 8.90. The number of carbonyl (C=O) groups excluding carboxylic acids is 1. The van der Waals surface area contributed by atoms with Crippen LogP contribution in [0.25, 0.3) is 0 Å². The Hall–Kier alpha value is -1.38. The molecule has 0 saturated heterocycles. The molecule has 0 aromatic heterocycles. The Morgan fingerprint density at radius 2 is 1.83 bits per heavy atom. The van der Waals surface area contributed by atoms with E-state index < -0.39 is 0 Å². The molecule has 1 amide bonds. The Bertz CT molecular complexity index is 517. The van der Waals surface area contributed by atoms with Gasteiger partial charge in [-0.05, 0) is 36.5 Å². The van der Waals surface area contributed by atoms with E-state index in [2.05, 4.69) is 20.9 Å². The molecule has 0 aliphatic heterocycles. The van der Waals surface area contributed by atoms with Crippen LogP contribution >= 0.6 is 24.0 Å². The third kappa shape index (κ3) is 8.15. The van der Waals surface area contributed by atoms with Crippen molar-refractivity contribution in [1.82, 2.24) is 16.0 Å². The smallest absolute Gasteiger partial charge is 0.224 e. The van der Waals surface area contributed by atoms with E-state index in [0.717, 1.165) is 24.0 Å². The van der Waals surface area contributed by atoms with Crippen molar-refractivity contribution >= 4 is 35.8 Å². The summed E-state index contributed by atoms with van der Waals surface area (Å²) in [5.41, 5.74) is 0.800. The molecule has 23 heavy (non-hydrogen) atoms. The SMILES string of the molecule is CN=C(NCCNC(=O)Cc1ccc(F)cc1)NCC1CC1.I. The average molecular weight is 434 g/mol. The van der Waals surface area contributed by atoms with Crippen LogP contribution in [0.2, 0.25) is 0 Å². The van der Waals surface area contributed by atoms with Crippen LogP contribution in [-0.4, -0.2) is 38.5 Å². The van der Waals surface area contributed by atoms with Gasteiger partial charge in [-0.2, -0.15) is 0 Å². The normalized spacial score (nSPS) is 13.9. The Morgan fingerprint density at radius 1 is 1.17 bits per heavy atom. The predicted octanol–water partition coefficient (Wildman–Crippen LogP) is 1.68. The molecule has 0 radical (unpaired) electrons. The molecule has 1 aromatic rings.